The van der Waals surface area contributed by atoms with Gasteiger partial charge >= 0.3 is 0 Å². The molecular weight excluding hydrogens is 276 g/mol. The topological polar surface area (TPSA) is 55.6 Å². The highest BCUT2D eigenvalue weighted by Gasteiger charge is 2.23. The summed E-state index contributed by atoms with van der Waals surface area (Å²) >= 11 is 0. The van der Waals surface area contributed by atoms with E-state index in [1.54, 1.807) is 19.1 Å². The van der Waals surface area contributed by atoms with Crippen molar-refractivity contribution >= 4 is 18.3 Å². The van der Waals surface area contributed by atoms with E-state index in [4.69, 9.17) is 10.5 Å². The SMILES string of the molecule is COCC(N)C(=O)N(C)C(C)c1cc(C)ccc1C.Cl. The van der Waals surface area contributed by atoms with Crippen LogP contribution in [0, 0.1) is 13.8 Å². The average Bonchev–Trinajstić information content (AvgIpc) is 2.39. The summed E-state index contributed by atoms with van der Waals surface area (Å²) in [5, 5.41) is 0. The zero-order chi connectivity index (χ0) is 14.6. The smallest absolute Gasteiger partial charge is 0.242 e. The number of ether oxygens (including phenoxy) is 1. The molecule has 0 aliphatic rings. The van der Waals surface area contributed by atoms with Crippen LogP contribution in [0.2, 0.25) is 0 Å². The minimum Gasteiger partial charge on any atom is -0.383 e. The number of nitrogens with zero attached hydrogens (tertiary/aromatic N) is 1. The van der Waals surface area contributed by atoms with Gasteiger partial charge in [-0.2, -0.15) is 0 Å². The van der Waals surface area contributed by atoms with E-state index in [-0.39, 0.29) is 31.0 Å². The van der Waals surface area contributed by atoms with Crippen LogP contribution >= 0.6 is 12.4 Å². The van der Waals surface area contributed by atoms with E-state index < -0.39 is 6.04 Å². The van der Waals surface area contributed by atoms with Crippen molar-refractivity contribution in [1.82, 2.24) is 4.90 Å². The Kier molecular flexibility index (Phi) is 7.79. The number of amides is 1. The maximum absolute atomic E-state index is 12.2. The molecule has 0 saturated heterocycles. The van der Waals surface area contributed by atoms with E-state index in [1.807, 2.05) is 13.8 Å². The van der Waals surface area contributed by atoms with Gasteiger partial charge in [0, 0.05) is 14.2 Å². The van der Waals surface area contributed by atoms with Crippen LogP contribution in [0.15, 0.2) is 18.2 Å². The number of halogens is 1. The summed E-state index contributed by atoms with van der Waals surface area (Å²) in [5.74, 6) is -0.102. The van der Waals surface area contributed by atoms with E-state index >= 15 is 0 Å². The van der Waals surface area contributed by atoms with Crippen molar-refractivity contribution in [2.45, 2.75) is 32.9 Å². The van der Waals surface area contributed by atoms with E-state index in [0.29, 0.717) is 0 Å². The molecule has 0 aromatic heterocycles. The van der Waals surface area contributed by atoms with Crippen LogP contribution in [0.5, 0.6) is 0 Å². The van der Waals surface area contributed by atoms with Gasteiger partial charge in [-0.1, -0.05) is 23.8 Å². The van der Waals surface area contributed by atoms with Gasteiger partial charge in [-0.05, 0) is 31.9 Å². The van der Waals surface area contributed by atoms with Gasteiger partial charge < -0.3 is 15.4 Å². The summed E-state index contributed by atoms with van der Waals surface area (Å²) in [5.41, 5.74) is 9.32. The molecule has 1 aromatic rings. The third-order valence-electron chi connectivity index (χ3n) is 3.48. The Labute approximate surface area is 127 Å². The number of carbonyl (C=O) groups excluding carboxylic acids is 1. The fourth-order valence-corrected chi connectivity index (χ4v) is 2.12. The summed E-state index contributed by atoms with van der Waals surface area (Å²) in [4.78, 5) is 13.9. The highest BCUT2D eigenvalue weighted by Crippen LogP contribution is 2.23. The molecule has 114 valence electrons. The summed E-state index contributed by atoms with van der Waals surface area (Å²) in [7, 11) is 3.32. The first-order chi connectivity index (χ1) is 8.88. The number of likely N-dealkylation sites (N-methyl/N-ethyl adjacent to an activating group) is 1. The van der Waals surface area contributed by atoms with Gasteiger partial charge in [-0.15, -0.1) is 12.4 Å². The second-order valence-corrected chi connectivity index (χ2v) is 5.05. The van der Waals surface area contributed by atoms with Gasteiger partial charge in [0.2, 0.25) is 5.91 Å². The van der Waals surface area contributed by atoms with E-state index in [1.165, 1.54) is 11.1 Å². The number of hydrogen-bond donors (Lipinski definition) is 1. The van der Waals surface area contributed by atoms with E-state index in [0.717, 1.165) is 5.56 Å². The van der Waals surface area contributed by atoms with Crippen molar-refractivity contribution in [3.05, 3.63) is 34.9 Å². The van der Waals surface area contributed by atoms with Crippen molar-refractivity contribution in [3.8, 4) is 0 Å². The van der Waals surface area contributed by atoms with E-state index in [2.05, 4.69) is 25.1 Å². The third-order valence-corrected chi connectivity index (χ3v) is 3.48. The second kappa shape index (κ2) is 8.25. The number of carbonyl (C=O) groups is 1. The predicted molar refractivity (Wildman–Crippen MR) is 84.2 cm³/mol. The Morgan fingerprint density at radius 1 is 1.40 bits per heavy atom. The fourth-order valence-electron chi connectivity index (χ4n) is 2.12. The minimum atomic E-state index is -0.609. The maximum Gasteiger partial charge on any atom is 0.242 e. The van der Waals surface area contributed by atoms with Crippen LogP contribution in [-0.2, 0) is 9.53 Å². The highest BCUT2D eigenvalue weighted by atomic mass is 35.5. The molecule has 5 heteroatoms. The lowest BCUT2D eigenvalue weighted by Gasteiger charge is -2.29. The second-order valence-electron chi connectivity index (χ2n) is 5.05. The lowest BCUT2D eigenvalue weighted by atomic mass is 9.99. The maximum atomic E-state index is 12.2. The zero-order valence-corrected chi connectivity index (χ0v) is 13.7. The summed E-state index contributed by atoms with van der Waals surface area (Å²) in [6.45, 7) is 6.36. The molecule has 0 aliphatic carbocycles. The van der Waals surface area contributed by atoms with Gasteiger partial charge in [-0.3, -0.25) is 4.79 Å². The minimum absolute atomic E-state index is 0. The molecule has 0 heterocycles. The highest BCUT2D eigenvalue weighted by molar-refractivity contribution is 5.85. The zero-order valence-electron chi connectivity index (χ0n) is 12.8. The first kappa shape index (κ1) is 18.9. The van der Waals surface area contributed by atoms with Crippen LogP contribution in [-0.4, -0.2) is 37.6 Å². The molecule has 1 rings (SSSR count). The molecule has 2 atom stereocenters. The lowest BCUT2D eigenvalue weighted by Crippen LogP contribution is -2.45. The molecule has 1 aromatic carbocycles. The van der Waals surface area contributed by atoms with Crippen molar-refractivity contribution in [1.29, 1.82) is 0 Å². The number of benzene rings is 1. The van der Waals surface area contributed by atoms with Gasteiger partial charge in [0.05, 0.1) is 12.6 Å². The normalized spacial score (nSPS) is 13.3. The molecule has 4 nitrogen and oxygen atoms in total. The van der Waals surface area contributed by atoms with Crippen LogP contribution in [0.1, 0.15) is 29.7 Å². The summed E-state index contributed by atoms with van der Waals surface area (Å²) in [6.07, 6.45) is 0. The Bertz CT molecular complexity index is 451. The standard InChI is InChI=1S/C15H24N2O2.ClH/c1-10-6-7-11(2)13(8-10)12(3)17(4)15(18)14(16)9-19-5;/h6-8,12,14H,9,16H2,1-5H3;1H. The summed E-state index contributed by atoms with van der Waals surface area (Å²) in [6, 6.07) is 5.65. The molecule has 20 heavy (non-hydrogen) atoms. The van der Waals surface area contributed by atoms with Gasteiger partial charge in [0.25, 0.3) is 0 Å². The largest absolute Gasteiger partial charge is 0.383 e. The van der Waals surface area contributed by atoms with Gasteiger partial charge in [0.1, 0.15) is 6.04 Å². The predicted octanol–water partition coefficient (Wildman–Crippen LogP) is 2.22. The van der Waals surface area contributed by atoms with Crippen molar-refractivity contribution < 1.29 is 9.53 Å². The molecular formula is C15H25ClN2O2. The van der Waals surface area contributed by atoms with Crippen LogP contribution < -0.4 is 5.73 Å². The Balaban J connectivity index is 0.00000361. The van der Waals surface area contributed by atoms with Crippen LogP contribution in [0.4, 0.5) is 0 Å². The molecule has 0 aliphatic heterocycles. The first-order valence-corrected chi connectivity index (χ1v) is 6.46. The summed E-state index contributed by atoms with van der Waals surface area (Å²) < 4.78 is 4.93. The molecule has 0 saturated carbocycles. The molecule has 2 unspecified atom stereocenters. The first-order valence-electron chi connectivity index (χ1n) is 6.46. The average molecular weight is 301 g/mol. The lowest BCUT2D eigenvalue weighted by molar-refractivity contribution is -0.134. The monoisotopic (exact) mass is 300 g/mol. The molecule has 2 N–H and O–H groups in total. The number of hydrogen-bond acceptors (Lipinski definition) is 3. The molecule has 0 fully saturated rings. The Morgan fingerprint density at radius 2 is 2.00 bits per heavy atom. The van der Waals surface area contributed by atoms with Gasteiger partial charge in [0.15, 0.2) is 0 Å². The molecule has 0 bridgehead atoms. The van der Waals surface area contributed by atoms with Crippen LogP contribution in [0.25, 0.3) is 0 Å². The quantitative estimate of drug-likeness (QED) is 0.907. The Hall–Kier alpha value is -1.10. The van der Waals surface area contributed by atoms with E-state index in [9.17, 15) is 4.79 Å². The molecule has 0 radical (unpaired) electrons. The molecule has 0 spiro atoms. The molecule has 1 amide bonds. The van der Waals surface area contributed by atoms with Crippen molar-refractivity contribution in [2.24, 2.45) is 5.73 Å². The Morgan fingerprint density at radius 3 is 2.55 bits per heavy atom. The number of rotatable bonds is 5. The number of aryl methyl sites for hydroxylation is 2. The third kappa shape index (κ3) is 4.47. The van der Waals surface area contributed by atoms with Crippen LogP contribution in [0.3, 0.4) is 0 Å². The van der Waals surface area contributed by atoms with Crippen molar-refractivity contribution in [3.63, 3.8) is 0 Å². The fraction of sp³-hybridized carbons (Fsp3) is 0.533. The van der Waals surface area contributed by atoms with Crippen molar-refractivity contribution in [2.75, 3.05) is 20.8 Å². The number of methoxy groups -OCH3 is 1. The number of nitrogens with two attached hydrogens (primary N) is 1. The van der Waals surface area contributed by atoms with Gasteiger partial charge in [-0.25, -0.2) is 0 Å².